The van der Waals surface area contributed by atoms with Crippen LogP contribution in [0.1, 0.15) is 59.2 Å². The number of ether oxygens (including phenoxy) is 3. The molecule has 208 valence electrons. The topological polar surface area (TPSA) is 95.9 Å². The maximum Gasteiger partial charge on any atom is 0.272 e. The standard InChI is InChI=1S/C30H35FN2O6/c1-6-30(2,3)28(35)23-17-33(18-24(37-4)38-5)25(29(36)32-16-20-12-14-22(31)15-13-20)27(26(23)34)39-19-21-10-8-7-9-11-21/h7-15,17,24H,6,16,18-19H2,1-5H3,(H,32,36). The van der Waals surface area contributed by atoms with Gasteiger partial charge in [0, 0.05) is 32.4 Å². The number of methoxy groups -OCH3 is 2. The van der Waals surface area contributed by atoms with Gasteiger partial charge in [-0.25, -0.2) is 4.39 Å². The van der Waals surface area contributed by atoms with E-state index in [9.17, 15) is 18.8 Å². The van der Waals surface area contributed by atoms with E-state index in [1.54, 1.807) is 26.0 Å². The largest absolute Gasteiger partial charge is 0.483 e. The molecule has 0 atom stereocenters. The van der Waals surface area contributed by atoms with Gasteiger partial charge in [0.25, 0.3) is 5.91 Å². The summed E-state index contributed by atoms with van der Waals surface area (Å²) in [6.45, 7) is 5.47. The molecule has 9 heteroatoms. The first-order valence-corrected chi connectivity index (χ1v) is 12.7. The number of ketones is 1. The van der Waals surface area contributed by atoms with Crippen molar-refractivity contribution >= 4 is 11.7 Å². The highest BCUT2D eigenvalue weighted by molar-refractivity contribution is 6.02. The lowest BCUT2D eigenvalue weighted by Crippen LogP contribution is -2.36. The highest BCUT2D eigenvalue weighted by atomic mass is 19.1. The van der Waals surface area contributed by atoms with E-state index in [-0.39, 0.29) is 42.5 Å². The number of aromatic nitrogens is 1. The molecule has 1 N–H and O–H groups in total. The van der Waals surface area contributed by atoms with Gasteiger partial charge in [0.05, 0.1) is 12.1 Å². The fraction of sp³-hybridized carbons (Fsp3) is 0.367. The second-order valence-electron chi connectivity index (χ2n) is 9.75. The third kappa shape index (κ3) is 7.40. The van der Waals surface area contributed by atoms with E-state index in [0.29, 0.717) is 12.0 Å². The highest BCUT2D eigenvalue weighted by Gasteiger charge is 2.33. The number of pyridine rings is 1. The highest BCUT2D eigenvalue weighted by Crippen LogP contribution is 2.27. The monoisotopic (exact) mass is 538 g/mol. The van der Waals surface area contributed by atoms with Crippen LogP contribution in [0.5, 0.6) is 5.75 Å². The summed E-state index contributed by atoms with van der Waals surface area (Å²) in [6.07, 6.45) is 1.10. The fourth-order valence-corrected chi connectivity index (χ4v) is 3.84. The predicted molar refractivity (Wildman–Crippen MR) is 145 cm³/mol. The summed E-state index contributed by atoms with van der Waals surface area (Å²) >= 11 is 0. The summed E-state index contributed by atoms with van der Waals surface area (Å²) < 4.78 is 31.5. The number of carbonyl (C=O) groups excluding carboxylic acids is 2. The van der Waals surface area contributed by atoms with E-state index in [0.717, 1.165) is 5.56 Å². The molecule has 0 unspecified atom stereocenters. The number of Topliss-reactive ketones (excluding diaryl/α,β-unsaturated/α-hetero) is 1. The van der Waals surface area contributed by atoms with Gasteiger partial charge in [-0.3, -0.25) is 14.4 Å². The first-order chi connectivity index (χ1) is 18.6. The Morgan fingerprint density at radius 1 is 1.00 bits per heavy atom. The number of hydrogen-bond donors (Lipinski definition) is 1. The molecule has 0 saturated heterocycles. The molecule has 1 aromatic heterocycles. The number of carbonyl (C=O) groups is 2. The molecule has 3 aromatic rings. The quantitative estimate of drug-likeness (QED) is 0.250. The van der Waals surface area contributed by atoms with E-state index in [2.05, 4.69) is 5.32 Å². The van der Waals surface area contributed by atoms with E-state index in [1.807, 2.05) is 37.3 Å². The summed E-state index contributed by atoms with van der Waals surface area (Å²) in [7, 11) is 2.90. The Balaban J connectivity index is 2.14. The Morgan fingerprint density at radius 3 is 2.23 bits per heavy atom. The Labute approximate surface area is 227 Å². The lowest BCUT2D eigenvalue weighted by molar-refractivity contribution is -0.111. The average molecular weight is 539 g/mol. The summed E-state index contributed by atoms with van der Waals surface area (Å²) in [6, 6.07) is 14.9. The van der Waals surface area contributed by atoms with Crippen molar-refractivity contribution in [2.75, 3.05) is 14.2 Å². The van der Waals surface area contributed by atoms with E-state index in [4.69, 9.17) is 14.2 Å². The molecular weight excluding hydrogens is 503 g/mol. The number of hydrogen-bond acceptors (Lipinski definition) is 6. The fourth-order valence-electron chi connectivity index (χ4n) is 3.84. The molecule has 0 spiro atoms. The number of halogens is 1. The number of amides is 1. The number of benzene rings is 2. The zero-order valence-electron chi connectivity index (χ0n) is 23.0. The molecule has 2 aromatic carbocycles. The van der Waals surface area contributed by atoms with Crippen LogP contribution in [0.2, 0.25) is 0 Å². The van der Waals surface area contributed by atoms with Gasteiger partial charge in [0.15, 0.2) is 23.5 Å². The zero-order chi connectivity index (χ0) is 28.6. The van der Waals surface area contributed by atoms with Crippen LogP contribution in [-0.2, 0) is 29.2 Å². The molecule has 0 aliphatic carbocycles. The molecule has 0 aliphatic heterocycles. The van der Waals surface area contributed by atoms with Gasteiger partial charge in [0.2, 0.25) is 5.43 Å². The summed E-state index contributed by atoms with van der Waals surface area (Å²) in [4.78, 5) is 40.8. The van der Waals surface area contributed by atoms with Crippen LogP contribution in [0.25, 0.3) is 0 Å². The maximum absolute atomic E-state index is 13.8. The number of rotatable bonds is 13. The molecule has 0 radical (unpaired) electrons. The van der Waals surface area contributed by atoms with Crippen LogP contribution in [0, 0.1) is 11.2 Å². The smallest absolute Gasteiger partial charge is 0.272 e. The predicted octanol–water partition coefficient (Wildman–Crippen LogP) is 4.73. The zero-order valence-corrected chi connectivity index (χ0v) is 23.0. The summed E-state index contributed by atoms with van der Waals surface area (Å²) in [5.74, 6) is -1.62. The first kappa shape index (κ1) is 29.7. The molecule has 0 aliphatic rings. The SMILES string of the molecule is CCC(C)(C)C(=O)c1cn(CC(OC)OC)c(C(=O)NCc2ccc(F)cc2)c(OCc2ccccc2)c1=O. The molecule has 0 fully saturated rings. The number of nitrogens with zero attached hydrogens (tertiary/aromatic N) is 1. The summed E-state index contributed by atoms with van der Waals surface area (Å²) in [5.41, 5.74) is -0.227. The second kappa shape index (κ2) is 13.3. The minimum absolute atomic E-state index is 0.00110. The van der Waals surface area contributed by atoms with Gasteiger partial charge in [-0.15, -0.1) is 0 Å². The molecule has 1 heterocycles. The van der Waals surface area contributed by atoms with Gasteiger partial charge < -0.3 is 24.1 Å². The van der Waals surface area contributed by atoms with E-state index < -0.39 is 28.9 Å². The first-order valence-electron chi connectivity index (χ1n) is 12.7. The van der Waals surface area contributed by atoms with Crippen molar-refractivity contribution in [3.63, 3.8) is 0 Å². The molecule has 0 saturated carbocycles. The minimum atomic E-state index is -0.817. The van der Waals surface area contributed by atoms with Gasteiger partial charge in [-0.05, 0) is 29.7 Å². The molecule has 8 nitrogen and oxygen atoms in total. The van der Waals surface area contributed by atoms with E-state index in [1.165, 1.54) is 37.1 Å². The van der Waals surface area contributed by atoms with Crippen LogP contribution >= 0.6 is 0 Å². The Bertz CT molecular complexity index is 1330. The summed E-state index contributed by atoms with van der Waals surface area (Å²) in [5, 5.41) is 2.77. The van der Waals surface area contributed by atoms with Crippen LogP contribution in [0.4, 0.5) is 4.39 Å². The maximum atomic E-state index is 13.8. The van der Waals surface area contributed by atoms with Crippen molar-refractivity contribution in [2.24, 2.45) is 5.41 Å². The van der Waals surface area contributed by atoms with Crippen molar-refractivity contribution in [3.8, 4) is 5.75 Å². The molecule has 1 amide bonds. The van der Waals surface area contributed by atoms with E-state index >= 15 is 0 Å². The van der Waals surface area contributed by atoms with Crippen LogP contribution in [0.15, 0.2) is 65.6 Å². The average Bonchev–Trinajstić information content (AvgIpc) is 2.95. The lowest BCUT2D eigenvalue weighted by Gasteiger charge is -2.25. The third-order valence-corrected chi connectivity index (χ3v) is 6.66. The molecule has 3 rings (SSSR count). The van der Waals surface area contributed by atoms with Gasteiger partial charge in [-0.2, -0.15) is 0 Å². The van der Waals surface area contributed by atoms with Crippen molar-refractivity contribution in [1.29, 1.82) is 0 Å². The third-order valence-electron chi connectivity index (χ3n) is 6.66. The molecule has 0 bridgehead atoms. The van der Waals surface area contributed by atoms with Crippen molar-refractivity contribution in [2.45, 2.75) is 53.2 Å². The Hall–Kier alpha value is -3.82. The van der Waals surface area contributed by atoms with Crippen LogP contribution in [-0.4, -0.2) is 36.8 Å². The van der Waals surface area contributed by atoms with Gasteiger partial charge >= 0.3 is 0 Å². The van der Waals surface area contributed by atoms with Crippen molar-refractivity contribution < 1.29 is 28.2 Å². The minimum Gasteiger partial charge on any atom is -0.483 e. The molecule has 39 heavy (non-hydrogen) atoms. The normalized spacial score (nSPS) is 11.5. The van der Waals surface area contributed by atoms with Gasteiger partial charge in [0.1, 0.15) is 12.4 Å². The Morgan fingerprint density at radius 2 is 1.64 bits per heavy atom. The number of nitrogens with one attached hydrogen (secondary N) is 1. The van der Waals surface area contributed by atoms with Crippen LogP contribution < -0.4 is 15.5 Å². The Kier molecular flexibility index (Phi) is 10.1. The van der Waals surface area contributed by atoms with Crippen molar-refractivity contribution in [1.82, 2.24) is 9.88 Å². The lowest BCUT2D eigenvalue weighted by atomic mass is 9.82. The molecular formula is C30H35FN2O6. The van der Waals surface area contributed by atoms with Crippen molar-refractivity contribution in [3.05, 3.63) is 99.2 Å². The van der Waals surface area contributed by atoms with Crippen LogP contribution in [0.3, 0.4) is 0 Å². The van der Waals surface area contributed by atoms with Gasteiger partial charge in [-0.1, -0.05) is 63.2 Å². The second-order valence-corrected chi connectivity index (χ2v) is 9.75.